The van der Waals surface area contributed by atoms with Crippen LogP contribution in [0.25, 0.3) is 0 Å². The summed E-state index contributed by atoms with van der Waals surface area (Å²) in [6, 6.07) is 8.04. The fourth-order valence-electron chi connectivity index (χ4n) is 2.75. The number of amides is 3. The molecule has 0 heterocycles. The molecule has 11 heteroatoms. The zero-order valence-corrected chi connectivity index (χ0v) is 19.3. The van der Waals surface area contributed by atoms with Crippen molar-refractivity contribution in [2.75, 3.05) is 27.4 Å². The second kappa shape index (κ2) is 12.4. The molecule has 0 unspecified atom stereocenters. The number of aryl methyl sites for hydroxylation is 1. The van der Waals surface area contributed by atoms with Gasteiger partial charge in [0.2, 0.25) is 11.7 Å². The first-order valence-electron chi connectivity index (χ1n) is 9.90. The molecule has 0 spiro atoms. The molecule has 0 saturated heterocycles. The van der Waals surface area contributed by atoms with E-state index in [1.165, 1.54) is 26.4 Å². The van der Waals surface area contributed by atoms with Gasteiger partial charge in [0.05, 0.1) is 20.8 Å². The minimum atomic E-state index is -0.683. The zero-order valence-electron chi connectivity index (χ0n) is 18.5. The highest BCUT2D eigenvalue weighted by molar-refractivity contribution is 6.30. The molecule has 2 aromatic carbocycles. The Bertz CT molecular complexity index is 988. The Labute approximate surface area is 196 Å². The lowest BCUT2D eigenvalue weighted by molar-refractivity contribution is -0.122. The van der Waals surface area contributed by atoms with E-state index in [-0.39, 0.29) is 35.1 Å². The minimum Gasteiger partial charge on any atom is -0.493 e. The van der Waals surface area contributed by atoms with Crippen molar-refractivity contribution in [2.45, 2.75) is 19.8 Å². The highest BCUT2D eigenvalue weighted by atomic mass is 35.5. The molecule has 0 saturated carbocycles. The molecule has 10 nitrogen and oxygen atoms in total. The molecule has 0 aliphatic rings. The van der Waals surface area contributed by atoms with Crippen LogP contribution in [-0.4, -0.2) is 45.2 Å². The Morgan fingerprint density at radius 3 is 2.21 bits per heavy atom. The molecule has 2 aromatic rings. The van der Waals surface area contributed by atoms with Gasteiger partial charge in [-0.2, -0.15) is 0 Å². The number of benzene rings is 2. The Morgan fingerprint density at radius 1 is 0.970 bits per heavy atom. The summed E-state index contributed by atoms with van der Waals surface area (Å²) in [5.41, 5.74) is 10.8. The van der Waals surface area contributed by atoms with E-state index in [9.17, 15) is 14.4 Å². The summed E-state index contributed by atoms with van der Waals surface area (Å²) in [4.78, 5) is 35.5. The van der Waals surface area contributed by atoms with Crippen LogP contribution in [0.5, 0.6) is 23.0 Å². The molecule has 0 aromatic heterocycles. The third kappa shape index (κ3) is 7.76. The first-order chi connectivity index (χ1) is 15.7. The van der Waals surface area contributed by atoms with E-state index in [2.05, 4.69) is 10.9 Å². The van der Waals surface area contributed by atoms with E-state index in [4.69, 9.17) is 36.3 Å². The fourth-order valence-corrected chi connectivity index (χ4v) is 2.97. The molecule has 2 rings (SSSR count). The number of hydrogen-bond acceptors (Lipinski definition) is 7. The van der Waals surface area contributed by atoms with E-state index in [1.54, 1.807) is 18.2 Å². The SMILES string of the molecule is COc1cc(C(=O)NNC(=O)CCCOc2ccc(Cl)cc2C)cc(OC)c1OCC(N)=O. The molecular weight excluding hydrogens is 454 g/mol. The van der Waals surface area contributed by atoms with Crippen molar-refractivity contribution in [2.24, 2.45) is 5.73 Å². The van der Waals surface area contributed by atoms with Gasteiger partial charge >= 0.3 is 0 Å². The van der Waals surface area contributed by atoms with Crippen molar-refractivity contribution >= 4 is 29.3 Å². The predicted molar refractivity (Wildman–Crippen MR) is 121 cm³/mol. The van der Waals surface area contributed by atoms with Gasteiger partial charge in [-0.3, -0.25) is 25.2 Å². The smallest absolute Gasteiger partial charge is 0.269 e. The average Bonchev–Trinajstić information content (AvgIpc) is 2.79. The Hall–Kier alpha value is -3.66. The van der Waals surface area contributed by atoms with Crippen LogP contribution in [0, 0.1) is 6.92 Å². The summed E-state index contributed by atoms with van der Waals surface area (Å²) in [6.45, 7) is 1.81. The van der Waals surface area contributed by atoms with E-state index < -0.39 is 18.4 Å². The van der Waals surface area contributed by atoms with Gasteiger partial charge < -0.3 is 24.7 Å². The van der Waals surface area contributed by atoms with E-state index >= 15 is 0 Å². The standard InChI is InChI=1S/C22H26ClN3O7/c1-13-9-15(23)6-7-16(13)32-8-4-5-20(28)25-26-22(29)14-10-17(30-2)21(18(11-14)31-3)33-12-19(24)27/h6-7,9-11H,4-5,8,12H2,1-3H3,(H2,24,27)(H,25,28)(H,26,29). The van der Waals surface area contributed by atoms with Gasteiger partial charge in [0.1, 0.15) is 5.75 Å². The van der Waals surface area contributed by atoms with Crippen molar-refractivity contribution < 1.29 is 33.3 Å². The summed E-state index contributed by atoms with van der Waals surface area (Å²) in [7, 11) is 2.73. The molecule has 0 radical (unpaired) electrons. The van der Waals surface area contributed by atoms with Gasteiger partial charge in [-0.25, -0.2) is 0 Å². The summed E-state index contributed by atoms with van der Waals surface area (Å²) >= 11 is 5.91. The average molecular weight is 480 g/mol. The van der Waals surface area contributed by atoms with Crippen molar-refractivity contribution in [3.63, 3.8) is 0 Å². The summed E-state index contributed by atoms with van der Waals surface area (Å²) < 4.78 is 21.4. The molecule has 0 aliphatic heterocycles. The largest absolute Gasteiger partial charge is 0.493 e. The second-order valence-corrected chi connectivity index (χ2v) is 7.27. The number of carbonyl (C=O) groups excluding carboxylic acids is 3. The van der Waals surface area contributed by atoms with Crippen LogP contribution in [0.2, 0.25) is 5.02 Å². The van der Waals surface area contributed by atoms with Crippen LogP contribution >= 0.6 is 11.6 Å². The Kier molecular flexibility index (Phi) is 9.62. The maximum Gasteiger partial charge on any atom is 0.269 e. The van der Waals surface area contributed by atoms with Gasteiger partial charge in [0.25, 0.3) is 11.8 Å². The summed E-state index contributed by atoms with van der Waals surface area (Å²) in [5, 5.41) is 0.623. The van der Waals surface area contributed by atoms with Crippen LogP contribution in [0.4, 0.5) is 0 Å². The molecule has 3 amide bonds. The molecule has 0 aliphatic carbocycles. The number of nitrogens with two attached hydrogens (primary N) is 1. The maximum absolute atomic E-state index is 12.5. The van der Waals surface area contributed by atoms with Gasteiger partial charge in [0, 0.05) is 17.0 Å². The van der Waals surface area contributed by atoms with Gasteiger partial charge in [-0.15, -0.1) is 0 Å². The number of ether oxygens (including phenoxy) is 4. The number of nitrogens with one attached hydrogen (secondary N) is 2. The molecule has 0 atom stereocenters. The Balaban J connectivity index is 1.87. The van der Waals surface area contributed by atoms with Crippen LogP contribution in [-0.2, 0) is 9.59 Å². The molecule has 33 heavy (non-hydrogen) atoms. The highest BCUT2D eigenvalue weighted by Gasteiger charge is 2.18. The number of primary amides is 1. The number of methoxy groups -OCH3 is 2. The topological polar surface area (TPSA) is 138 Å². The zero-order chi connectivity index (χ0) is 24.4. The quantitative estimate of drug-likeness (QED) is 0.331. The molecular formula is C22H26ClN3O7. The lowest BCUT2D eigenvalue weighted by Gasteiger charge is -2.15. The fraction of sp³-hybridized carbons (Fsp3) is 0.318. The van der Waals surface area contributed by atoms with E-state index in [1.807, 2.05) is 6.92 Å². The number of carbonyl (C=O) groups is 3. The van der Waals surface area contributed by atoms with Gasteiger partial charge in [0.15, 0.2) is 18.1 Å². The number of hydrogen-bond donors (Lipinski definition) is 3. The minimum absolute atomic E-state index is 0.121. The number of halogens is 1. The van der Waals surface area contributed by atoms with Crippen molar-refractivity contribution in [3.05, 3.63) is 46.5 Å². The van der Waals surface area contributed by atoms with Crippen LogP contribution in [0.15, 0.2) is 30.3 Å². The Morgan fingerprint density at radius 2 is 1.64 bits per heavy atom. The summed E-state index contributed by atoms with van der Waals surface area (Å²) in [5.74, 6) is -0.551. The molecule has 0 bridgehead atoms. The van der Waals surface area contributed by atoms with Gasteiger partial charge in [-0.1, -0.05) is 11.6 Å². The van der Waals surface area contributed by atoms with Crippen LogP contribution < -0.4 is 35.5 Å². The van der Waals surface area contributed by atoms with Crippen LogP contribution in [0.3, 0.4) is 0 Å². The first-order valence-corrected chi connectivity index (χ1v) is 10.3. The van der Waals surface area contributed by atoms with Crippen LogP contribution in [0.1, 0.15) is 28.8 Å². The first kappa shape index (κ1) is 25.6. The lowest BCUT2D eigenvalue weighted by atomic mass is 10.1. The molecule has 178 valence electrons. The maximum atomic E-state index is 12.5. The molecule has 4 N–H and O–H groups in total. The second-order valence-electron chi connectivity index (χ2n) is 6.83. The van der Waals surface area contributed by atoms with Crippen molar-refractivity contribution in [1.82, 2.24) is 10.9 Å². The lowest BCUT2D eigenvalue weighted by Crippen LogP contribution is -2.41. The number of rotatable bonds is 11. The number of hydrazine groups is 1. The third-order valence-corrected chi connectivity index (χ3v) is 4.57. The highest BCUT2D eigenvalue weighted by Crippen LogP contribution is 2.38. The van der Waals surface area contributed by atoms with Gasteiger partial charge in [-0.05, 0) is 49.2 Å². The molecule has 0 fully saturated rings. The van der Waals surface area contributed by atoms with Crippen molar-refractivity contribution in [3.8, 4) is 23.0 Å². The van der Waals surface area contributed by atoms with Crippen molar-refractivity contribution in [1.29, 1.82) is 0 Å². The normalized spacial score (nSPS) is 10.2. The van der Waals surface area contributed by atoms with E-state index in [0.717, 1.165) is 5.56 Å². The summed E-state index contributed by atoms with van der Waals surface area (Å²) in [6.07, 6.45) is 0.580. The predicted octanol–water partition coefficient (Wildman–Crippen LogP) is 2.15. The van der Waals surface area contributed by atoms with E-state index in [0.29, 0.717) is 23.8 Å². The third-order valence-electron chi connectivity index (χ3n) is 4.34. The monoisotopic (exact) mass is 479 g/mol.